The monoisotopic (exact) mass is 229 g/mol. The van der Waals surface area contributed by atoms with Crippen molar-refractivity contribution in [2.75, 3.05) is 40.8 Å². The van der Waals surface area contributed by atoms with Crippen LogP contribution in [0.2, 0.25) is 0 Å². The Hall–Kier alpha value is -0.120. The summed E-state index contributed by atoms with van der Waals surface area (Å²) in [7, 11) is 6.45. The number of hydrogen-bond donors (Lipinski definition) is 1. The lowest BCUT2D eigenvalue weighted by molar-refractivity contribution is 0.210. The molecule has 0 aromatic heterocycles. The summed E-state index contributed by atoms with van der Waals surface area (Å²) in [6.45, 7) is 12.4. The van der Waals surface area contributed by atoms with E-state index in [1.165, 1.54) is 6.42 Å². The Kier molecular flexibility index (Phi) is 7.20. The lowest BCUT2D eigenvalue weighted by Gasteiger charge is -2.31. The smallest absolute Gasteiger partial charge is 0.0190 e. The van der Waals surface area contributed by atoms with E-state index in [9.17, 15) is 0 Å². The molecular weight excluding hydrogens is 198 g/mol. The second kappa shape index (κ2) is 7.25. The van der Waals surface area contributed by atoms with E-state index in [0.717, 1.165) is 19.6 Å². The van der Waals surface area contributed by atoms with Crippen LogP contribution in [0, 0.1) is 0 Å². The Morgan fingerprint density at radius 1 is 1.12 bits per heavy atom. The van der Waals surface area contributed by atoms with E-state index in [2.05, 4.69) is 64.0 Å². The van der Waals surface area contributed by atoms with Crippen molar-refractivity contribution in [2.24, 2.45) is 0 Å². The fourth-order valence-corrected chi connectivity index (χ4v) is 1.28. The Balaban J connectivity index is 3.83. The van der Waals surface area contributed by atoms with Crippen LogP contribution in [-0.4, -0.2) is 62.2 Å². The molecule has 0 amide bonds. The molecule has 0 saturated heterocycles. The summed E-state index contributed by atoms with van der Waals surface area (Å²) in [6.07, 6.45) is 1.17. The van der Waals surface area contributed by atoms with E-state index < -0.39 is 0 Å². The molecule has 0 aliphatic heterocycles. The van der Waals surface area contributed by atoms with Gasteiger partial charge in [0.25, 0.3) is 0 Å². The number of likely N-dealkylation sites (N-methyl/N-ethyl adjacent to an activating group) is 2. The highest BCUT2D eigenvalue weighted by Crippen LogP contribution is 2.07. The molecule has 0 radical (unpaired) electrons. The van der Waals surface area contributed by atoms with Gasteiger partial charge in [-0.25, -0.2) is 0 Å². The summed E-state index contributed by atoms with van der Waals surface area (Å²) in [6, 6.07) is 0.589. The van der Waals surface area contributed by atoms with Crippen molar-refractivity contribution in [1.29, 1.82) is 0 Å². The summed E-state index contributed by atoms with van der Waals surface area (Å²) in [5, 5.41) is 3.62. The molecule has 0 spiro atoms. The molecule has 0 heterocycles. The van der Waals surface area contributed by atoms with Gasteiger partial charge in [0.05, 0.1) is 0 Å². The maximum Gasteiger partial charge on any atom is 0.0190 e. The van der Waals surface area contributed by atoms with Crippen molar-refractivity contribution in [1.82, 2.24) is 15.1 Å². The molecule has 1 unspecified atom stereocenters. The minimum absolute atomic E-state index is 0.261. The molecule has 0 aliphatic rings. The van der Waals surface area contributed by atoms with E-state index in [-0.39, 0.29) is 5.54 Å². The van der Waals surface area contributed by atoms with Crippen LogP contribution in [-0.2, 0) is 0 Å². The van der Waals surface area contributed by atoms with E-state index in [1.54, 1.807) is 0 Å². The van der Waals surface area contributed by atoms with Gasteiger partial charge in [-0.1, -0.05) is 6.92 Å². The van der Waals surface area contributed by atoms with Gasteiger partial charge in [-0.15, -0.1) is 0 Å². The number of nitrogens with zero attached hydrogens (tertiary/aromatic N) is 2. The third-order valence-corrected chi connectivity index (χ3v) is 3.41. The molecule has 0 fully saturated rings. The highest BCUT2D eigenvalue weighted by Gasteiger charge is 2.16. The van der Waals surface area contributed by atoms with Gasteiger partial charge in [-0.3, -0.25) is 0 Å². The maximum absolute atomic E-state index is 3.62. The van der Waals surface area contributed by atoms with Gasteiger partial charge in [-0.2, -0.15) is 0 Å². The molecule has 3 heteroatoms. The van der Waals surface area contributed by atoms with Crippen LogP contribution in [0.5, 0.6) is 0 Å². The topological polar surface area (TPSA) is 18.5 Å². The average Bonchev–Trinajstić information content (AvgIpc) is 2.22. The Morgan fingerprint density at radius 3 is 2.12 bits per heavy atom. The molecule has 0 saturated carbocycles. The average molecular weight is 229 g/mol. The Labute approximate surface area is 102 Å². The van der Waals surface area contributed by atoms with E-state index in [0.29, 0.717) is 6.04 Å². The lowest BCUT2D eigenvalue weighted by atomic mass is 10.0. The van der Waals surface area contributed by atoms with Crippen LogP contribution >= 0.6 is 0 Å². The second-order valence-electron chi connectivity index (χ2n) is 5.75. The van der Waals surface area contributed by atoms with Gasteiger partial charge in [0, 0.05) is 31.2 Å². The summed E-state index contributed by atoms with van der Waals surface area (Å²) in [5.74, 6) is 0. The molecular formula is C13H31N3. The minimum Gasteiger partial charge on any atom is -0.310 e. The first-order chi connectivity index (χ1) is 7.28. The van der Waals surface area contributed by atoms with Gasteiger partial charge in [0.15, 0.2) is 0 Å². The molecule has 98 valence electrons. The standard InChI is InChI=1S/C13H31N3/c1-8-13(3,4)14-11-12(2)16(7)10-9-15(5)6/h12,14H,8-11H2,1-7H3. The third-order valence-electron chi connectivity index (χ3n) is 3.41. The van der Waals surface area contributed by atoms with Gasteiger partial charge < -0.3 is 15.1 Å². The maximum atomic E-state index is 3.62. The summed E-state index contributed by atoms with van der Waals surface area (Å²) >= 11 is 0. The molecule has 1 atom stereocenters. The highest BCUT2D eigenvalue weighted by atomic mass is 15.2. The molecule has 0 bridgehead atoms. The van der Waals surface area contributed by atoms with E-state index in [1.807, 2.05) is 0 Å². The highest BCUT2D eigenvalue weighted by molar-refractivity contribution is 4.78. The predicted molar refractivity (Wildman–Crippen MR) is 73.0 cm³/mol. The van der Waals surface area contributed by atoms with Gasteiger partial charge in [0.2, 0.25) is 0 Å². The first-order valence-corrected chi connectivity index (χ1v) is 6.38. The van der Waals surface area contributed by atoms with Crippen molar-refractivity contribution in [3.05, 3.63) is 0 Å². The summed E-state index contributed by atoms with van der Waals surface area (Å²) in [4.78, 5) is 4.64. The quantitative estimate of drug-likeness (QED) is 0.683. The molecule has 0 aromatic carbocycles. The first-order valence-electron chi connectivity index (χ1n) is 6.38. The number of hydrogen-bond acceptors (Lipinski definition) is 3. The summed E-state index contributed by atoms with van der Waals surface area (Å²) in [5.41, 5.74) is 0.261. The van der Waals surface area contributed by atoms with Crippen LogP contribution in [0.3, 0.4) is 0 Å². The molecule has 16 heavy (non-hydrogen) atoms. The van der Waals surface area contributed by atoms with Crippen molar-refractivity contribution < 1.29 is 0 Å². The fraction of sp³-hybridized carbons (Fsp3) is 1.00. The van der Waals surface area contributed by atoms with Crippen LogP contribution < -0.4 is 5.32 Å². The number of rotatable bonds is 8. The molecule has 0 rings (SSSR count). The van der Waals surface area contributed by atoms with Crippen LogP contribution in [0.15, 0.2) is 0 Å². The van der Waals surface area contributed by atoms with Crippen molar-refractivity contribution in [3.63, 3.8) is 0 Å². The third kappa shape index (κ3) is 7.20. The Morgan fingerprint density at radius 2 is 1.69 bits per heavy atom. The normalized spacial score (nSPS) is 14.8. The lowest BCUT2D eigenvalue weighted by Crippen LogP contribution is -2.47. The fourth-order valence-electron chi connectivity index (χ4n) is 1.28. The second-order valence-corrected chi connectivity index (χ2v) is 5.75. The molecule has 1 N–H and O–H groups in total. The predicted octanol–water partition coefficient (Wildman–Crippen LogP) is 1.65. The van der Waals surface area contributed by atoms with Crippen LogP contribution in [0.25, 0.3) is 0 Å². The SMILES string of the molecule is CCC(C)(C)NCC(C)N(C)CCN(C)C. The zero-order chi connectivity index (χ0) is 12.8. The van der Waals surface area contributed by atoms with Crippen LogP contribution in [0.1, 0.15) is 34.1 Å². The van der Waals surface area contributed by atoms with Crippen molar-refractivity contribution >= 4 is 0 Å². The van der Waals surface area contributed by atoms with Crippen molar-refractivity contribution in [2.45, 2.75) is 45.7 Å². The van der Waals surface area contributed by atoms with Gasteiger partial charge in [0.1, 0.15) is 0 Å². The molecule has 0 aromatic rings. The zero-order valence-electron chi connectivity index (χ0n) is 12.3. The van der Waals surface area contributed by atoms with Gasteiger partial charge >= 0.3 is 0 Å². The van der Waals surface area contributed by atoms with Crippen LogP contribution in [0.4, 0.5) is 0 Å². The first kappa shape index (κ1) is 15.9. The number of nitrogens with one attached hydrogen (secondary N) is 1. The molecule has 3 nitrogen and oxygen atoms in total. The summed E-state index contributed by atoms with van der Waals surface area (Å²) < 4.78 is 0. The van der Waals surface area contributed by atoms with Gasteiger partial charge in [-0.05, 0) is 48.3 Å². The minimum atomic E-state index is 0.261. The zero-order valence-corrected chi connectivity index (χ0v) is 12.3. The molecule has 0 aliphatic carbocycles. The Bertz CT molecular complexity index is 178. The van der Waals surface area contributed by atoms with Crippen molar-refractivity contribution in [3.8, 4) is 0 Å². The largest absolute Gasteiger partial charge is 0.310 e. The van der Waals surface area contributed by atoms with E-state index in [4.69, 9.17) is 0 Å². The van der Waals surface area contributed by atoms with E-state index >= 15 is 0 Å².